The highest BCUT2D eigenvalue weighted by Crippen LogP contribution is 2.36. The highest BCUT2D eigenvalue weighted by atomic mass is 16.5. The van der Waals surface area contributed by atoms with Gasteiger partial charge in [-0.1, -0.05) is 6.07 Å². The van der Waals surface area contributed by atoms with E-state index in [1.807, 2.05) is 26.0 Å². The fraction of sp³-hybridized carbons (Fsp3) is 0.200. The quantitative estimate of drug-likeness (QED) is 0.485. The minimum Gasteiger partial charge on any atom is -0.465 e. The number of allylic oxidation sites excluding steroid dienone is 2. The number of methoxy groups -OCH3 is 1. The van der Waals surface area contributed by atoms with Gasteiger partial charge in [-0.25, -0.2) is 4.79 Å². The van der Waals surface area contributed by atoms with E-state index in [1.165, 1.54) is 13.4 Å². The number of hydrogen-bond acceptors (Lipinski definition) is 5. The van der Waals surface area contributed by atoms with Crippen LogP contribution in [0.3, 0.4) is 0 Å². The van der Waals surface area contributed by atoms with Gasteiger partial charge in [-0.3, -0.25) is 4.79 Å². The molecule has 0 bridgehead atoms. The predicted molar refractivity (Wildman–Crippen MR) is 94.8 cm³/mol. The Balaban J connectivity index is 2.20. The van der Waals surface area contributed by atoms with Crippen molar-refractivity contribution in [1.82, 2.24) is 0 Å². The molecule has 2 aromatic rings. The van der Waals surface area contributed by atoms with Crippen molar-refractivity contribution in [2.45, 2.75) is 20.8 Å². The van der Waals surface area contributed by atoms with Crippen molar-refractivity contribution < 1.29 is 18.7 Å². The third kappa shape index (κ3) is 3.01. The van der Waals surface area contributed by atoms with Gasteiger partial charge < -0.3 is 14.1 Å². The van der Waals surface area contributed by atoms with Crippen molar-refractivity contribution in [3.63, 3.8) is 0 Å². The maximum Gasteiger partial charge on any atom is 0.343 e. The molecule has 0 spiro atoms. The van der Waals surface area contributed by atoms with Crippen molar-refractivity contribution in [2.24, 2.45) is 0 Å². The number of carbonyl (C=O) groups excluding carboxylic acids is 2. The van der Waals surface area contributed by atoms with Crippen molar-refractivity contribution in [3.05, 3.63) is 70.4 Å². The number of carbonyl (C=O) groups is 2. The van der Waals surface area contributed by atoms with E-state index in [-0.39, 0.29) is 11.4 Å². The first kappa shape index (κ1) is 16.8. The number of furan rings is 1. The Bertz CT molecular complexity index is 884. The summed E-state index contributed by atoms with van der Waals surface area (Å²) in [5, 5.41) is 0. The molecule has 0 saturated carbocycles. The van der Waals surface area contributed by atoms with E-state index in [0.717, 1.165) is 16.8 Å². The molecular weight excluding hydrogens is 318 g/mol. The molecule has 1 aliphatic rings. The third-order valence-corrected chi connectivity index (χ3v) is 4.07. The standard InChI is InChI=1S/C20H19NO4/c1-12-8-13(2)10-15(9-12)21-14(3)18(20(23)24-4)19(22)17(21)11-16-6-5-7-25-16/h5-11H,1-4H3. The first-order valence-corrected chi connectivity index (χ1v) is 7.90. The lowest BCUT2D eigenvalue weighted by Gasteiger charge is -2.22. The Labute approximate surface area is 146 Å². The summed E-state index contributed by atoms with van der Waals surface area (Å²) < 4.78 is 10.1. The van der Waals surface area contributed by atoms with Crippen molar-refractivity contribution in [2.75, 3.05) is 12.0 Å². The molecular formula is C20H19NO4. The fourth-order valence-corrected chi connectivity index (χ4v) is 3.08. The zero-order valence-corrected chi connectivity index (χ0v) is 14.6. The highest BCUT2D eigenvalue weighted by molar-refractivity contribution is 6.30. The summed E-state index contributed by atoms with van der Waals surface area (Å²) in [6.45, 7) is 5.72. The van der Waals surface area contributed by atoms with E-state index in [2.05, 4.69) is 6.07 Å². The second-order valence-electron chi connectivity index (χ2n) is 6.01. The number of aryl methyl sites for hydroxylation is 2. The van der Waals surface area contributed by atoms with Crippen molar-refractivity contribution >= 4 is 23.5 Å². The molecule has 3 rings (SSSR count). The number of nitrogens with zero attached hydrogens (tertiary/aromatic N) is 1. The molecule has 0 atom stereocenters. The smallest absolute Gasteiger partial charge is 0.343 e. The maximum atomic E-state index is 12.9. The number of anilines is 1. The third-order valence-electron chi connectivity index (χ3n) is 4.07. The minimum atomic E-state index is -0.639. The average Bonchev–Trinajstić information content (AvgIpc) is 3.13. The number of hydrogen-bond donors (Lipinski definition) is 0. The Kier molecular flexibility index (Phi) is 4.31. The summed E-state index contributed by atoms with van der Waals surface area (Å²) in [5.74, 6) is -0.476. The number of Topliss-reactive ketones (excluding diaryl/α,β-unsaturated/α-hetero) is 1. The molecule has 0 saturated heterocycles. The monoisotopic (exact) mass is 337 g/mol. The van der Waals surface area contributed by atoms with Gasteiger partial charge in [-0.15, -0.1) is 0 Å². The van der Waals surface area contributed by atoms with Gasteiger partial charge in [0.15, 0.2) is 0 Å². The number of ketones is 1. The lowest BCUT2D eigenvalue weighted by Crippen LogP contribution is -2.18. The van der Waals surface area contributed by atoms with Crippen LogP contribution in [0.1, 0.15) is 23.8 Å². The molecule has 1 aromatic heterocycles. The lowest BCUT2D eigenvalue weighted by atomic mass is 10.1. The second kappa shape index (κ2) is 6.43. The van der Waals surface area contributed by atoms with E-state index in [4.69, 9.17) is 9.15 Å². The predicted octanol–water partition coefficient (Wildman–Crippen LogP) is 3.77. The van der Waals surface area contributed by atoms with Gasteiger partial charge in [0.25, 0.3) is 0 Å². The van der Waals surface area contributed by atoms with Crippen LogP contribution in [-0.4, -0.2) is 18.9 Å². The van der Waals surface area contributed by atoms with Crippen LogP contribution in [0.4, 0.5) is 5.69 Å². The summed E-state index contributed by atoms with van der Waals surface area (Å²) in [5.41, 5.74) is 3.90. The molecule has 0 N–H and O–H groups in total. The van der Waals surface area contributed by atoms with Gasteiger partial charge in [0.1, 0.15) is 11.3 Å². The highest BCUT2D eigenvalue weighted by Gasteiger charge is 2.38. The molecule has 25 heavy (non-hydrogen) atoms. The van der Waals surface area contributed by atoms with Crippen molar-refractivity contribution in [1.29, 1.82) is 0 Å². The molecule has 0 amide bonds. The zero-order chi connectivity index (χ0) is 18.1. The number of benzene rings is 1. The summed E-state index contributed by atoms with van der Waals surface area (Å²) in [6.07, 6.45) is 3.17. The molecule has 128 valence electrons. The summed E-state index contributed by atoms with van der Waals surface area (Å²) in [4.78, 5) is 26.8. The lowest BCUT2D eigenvalue weighted by molar-refractivity contribution is -0.137. The molecule has 1 aliphatic heterocycles. The minimum absolute atomic E-state index is 0.0412. The van der Waals surface area contributed by atoms with Gasteiger partial charge in [-0.05, 0) is 56.2 Å². The molecule has 0 fully saturated rings. The fourth-order valence-electron chi connectivity index (χ4n) is 3.08. The largest absolute Gasteiger partial charge is 0.465 e. The molecule has 1 aromatic carbocycles. The van der Waals surface area contributed by atoms with E-state index in [1.54, 1.807) is 30.0 Å². The number of ether oxygens (including phenoxy) is 1. The van der Waals surface area contributed by atoms with E-state index in [0.29, 0.717) is 17.2 Å². The van der Waals surface area contributed by atoms with E-state index < -0.39 is 5.97 Å². The summed E-state index contributed by atoms with van der Waals surface area (Å²) in [7, 11) is 1.27. The van der Waals surface area contributed by atoms with Gasteiger partial charge in [0, 0.05) is 17.5 Å². The van der Waals surface area contributed by atoms with Crippen molar-refractivity contribution in [3.8, 4) is 0 Å². The molecule has 2 heterocycles. The van der Waals surface area contributed by atoms with Crippen LogP contribution in [0.15, 0.2) is 58.0 Å². The Hall–Kier alpha value is -3.08. The molecule has 0 radical (unpaired) electrons. The normalized spacial score (nSPS) is 16.1. The molecule has 0 unspecified atom stereocenters. The number of esters is 1. The summed E-state index contributed by atoms with van der Waals surface area (Å²) in [6, 6.07) is 9.50. The number of rotatable bonds is 3. The Morgan fingerprint density at radius 1 is 1.16 bits per heavy atom. The first-order valence-electron chi connectivity index (χ1n) is 7.90. The zero-order valence-electron chi connectivity index (χ0n) is 14.6. The molecule has 0 aliphatic carbocycles. The Morgan fingerprint density at radius 3 is 2.40 bits per heavy atom. The van der Waals surface area contributed by atoms with Crippen LogP contribution >= 0.6 is 0 Å². The maximum absolute atomic E-state index is 12.9. The van der Waals surface area contributed by atoms with Crippen LogP contribution in [0.25, 0.3) is 6.08 Å². The van der Waals surface area contributed by atoms with Crippen LogP contribution in [0.2, 0.25) is 0 Å². The van der Waals surface area contributed by atoms with Gasteiger partial charge >= 0.3 is 5.97 Å². The topological polar surface area (TPSA) is 59.8 Å². The average molecular weight is 337 g/mol. The summed E-state index contributed by atoms with van der Waals surface area (Å²) >= 11 is 0. The second-order valence-corrected chi connectivity index (χ2v) is 6.01. The van der Waals surface area contributed by atoms with Crippen LogP contribution in [0.5, 0.6) is 0 Å². The van der Waals surface area contributed by atoms with E-state index in [9.17, 15) is 9.59 Å². The Morgan fingerprint density at radius 2 is 1.84 bits per heavy atom. The first-order chi connectivity index (χ1) is 11.9. The molecule has 5 heteroatoms. The van der Waals surface area contributed by atoms with E-state index >= 15 is 0 Å². The van der Waals surface area contributed by atoms with Crippen LogP contribution in [0, 0.1) is 13.8 Å². The molecule has 5 nitrogen and oxygen atoms in total. The van der Waals surface area contributed by atoms with Gasteiger partial charge in [0.05, 0.1) is 19.1 Å². The van der Waals surface area contributed by atoms with Crippen LogP contribution < -0.4 is 4.90 Å². The van der Waals surface area contributed by atoms with Gasteiger partial charge in [-0.2, -0.15) is 0 Å². The van der Waals surface area contributed by atoms with Crippen LogP contribution in [-0.2, 0) is 14.3 Å². The SMILES string of the molecule is COC(=O)C1=C(C)N(c2cc(C)cc(C)c2)C(=Cc2ccco2)C1=O. The van der Waals surface area contributed by atoms with Gasteiger partial charge in [0.2, 0.25) is 5.78 Å².